The SMILES string of the molecule is CCC[C@@H](c1nnnn1C(C)(C)C)N1CCN(c2ccccc2OC)CC1. The molecule has 27 heavy (non-hydrogen) atoms. The van der Waals surface area contributed by atoms with E-state index in [2.05, 4.69) is 65.2 Å². The average Bonchev–Trinajstić information content (AvgIpc) is 3.16. The van der Waals surface area contributed by atoms with Crippen molar-refractivity contribution in [1.82, 2.24) is 25.1 Å². The maximum atomic E-state index is 5.54. The second-order valence-corrected chi connectivity index (χ2v) is 8.12. The molecule has 1 fully saturated rings. The van der Waals surface area contributed by atoms with Crippen molar-refractivity contribution in [2.45, 2.75) is 52.1 Å². The minimum Gasteiger partial charge on any atom is -0.495 e. The number of para-hydroxylation sites is 2. The number of rotatable bonds is 6. The highest BCUT2D eigenvalue weighted by Crippen LogP contribution is 2.32. The number of nitrogens with zero attached hydrogens (tertiary/aromatic N) is 6. The molecule has 1 aliphatic rings. The predicted octanol–water partition coefficient (Wildman–Crippen LogP) is 3.10. The Balaban J connectivity index is 1.76. The summed E-state index contributed by atoms with van der Waals surface area (Å²) in [5.74, 6) is 1.92. The molecule has 0 bridgehead atoms. The smallest absolute Gasteiger partial charge is 0.168 e. The fourth-order valence-electron chi connectivity index (χ4n) is 3.79. The molecule has 148 valence electrons. The van der Waals surface area contributed by atoms with Crippen LogP contribution in [0.3, 0.4) is 0 Å². The first kappa shape index (κ1) is 19.6. The molecular weight excluding hydrogens is 340 g/mol. The van der Waals surface area contributed by atoms with Crippen molar-refractivity contribution in [1.29, 1.82) is 0 Å². The third kappa shape index (κ3) is 4.24. The van der Waals surface area contributed by atoms with Crippen LogP contribution in [0.5, 0.6) is 5.75 Å². The predicted molar refractivity (Wildman–Crippen MR) is 107 cm³/mol. The number of benzene rings is 1. The van der Waals surface area contributed by atoms with Crippen LogP contribution in [0.15, 0.2) is 24.3 Å². The molecule has 0 amide bonds. The van der Waals surface area contributed by atoms with Crippen LogP contribution in [0.2, 0.25) is 0 Å². The Labute approximate surface area is 162 Å². The zero-order chi connectivity index (χ0) is 19.4. The lowest BCUT2D eigenvalue weighted by atomic mass is 10.0. The minimum absolute atomic E-state index is 0.121. The molecule has 0 N–H and O–H groups in total. The van der Waals surface area contributed by atoms with Gasteiger partial charge in [-0.05, 0) is 49.8 Å². The second-order valence-electron chi connectivity index (χ2n) is 8.12. The Hall–Kier alpha value is -2.15. The number of ether oxygens (including phenoxy) is 1. The van der Waals surface area contributed by atoms with E-state index in [0.29, 0.717) is 0 Å². The monoisotopic (exact) mass is 372 g/mol. The second kappa shape index (κ2) is 8.25. The Kier molecular flexibility index (Phi) is 5.99. The van der Waals surface area contributed by atoms with E-state index in [1.807, 2.05) is 16.8 Å². The zero-order valence-corrected chi connectivity index (χ0v) is 17.2. The van der Waals surface area contributed by atoms with Gasteiger partial charge in [0, 0.05) is 26.2 Å². The summed E-state index contributed by atoms with van der Waals surface area (Å²) in [6.07, 6.45) is 2.17. The van der Waals surface area contributed by atoms with Crippen molar-refractivity contribution in [2.24, 2.45) is 0 Å². The Bertz CT molecular complexity index is 730. The zero-order valence-electron chi connectivity index (χ0n) is 17.2. The molecule has 2 heterocycles. The van der Waals surface area contributed by atoms with E-state index in [0.717, 1.165) is 50.6 Å². The largest absolute Gasteiger partial charge is 0.495 e. The number of piperazine rings is 1. The molecule has 1 aromatic heterocycles. The van der Waals surface area contributed by atoms with Crippen LogP contribution < -0.4 is 9.64 Å². The fourth-order valence-corrected chi connectivity index (χ4v) is 3.79. The first-order chi connectivity index (χ1) is 13.0. The van der Waals surface area contributed by atoms with Crippen LogP contribution in [0, 0.1) is 0 Å². The molecule has 0 unspecified atom stereocenters. The molecule has 2 aromatic rings. The highest BCUT2D eigenvalue weighted by Gasteiger charge is 2.31. The first-order valence-electron chi connectivity index (χ1n) is 9.86. The minimum atomic E-state index is -0.121. The standard InChI is InChI=1S/C20H32N6O/c1-6-9-17(19-21-22-23-26(19)20(2,3)4)25-14-12-24(13-15-25)16-10-7-8-11-18(16)27-5/h7-8,10-11,17H,6,9,12-15H2,1-5H3/t17-/m0/s1. The molecule has 0 radical (unpaired) electrons. The quantitative estimate of drug-likeness (QED) is 0.777. The first-order valence-corrected chi connectivity index (χ1v) is 9.86. The fraction of sp³-hybridized carbons (Fsp3) is 0.650. The van der Waals surface area contributed by atoms with E-state index in [9.17, 15) is 0 Å². The molecule has 7 heteroatoms. The Morgan fingerprint density at radius 3 is 2.44 bits per heavy atom. The highest BCUT2D eigenvalue weighted by molar-refractivity contribution is 5.58. The lowest BCUT2D eigenvalue weighted by Gasteiger charge is -2.40. The molecule has 1 aliphatic heterocycles. The van der Waals surface area contributed by atoms with Gasteiger partial charge in [0.15, 0.2) is 5.82 Å². The molecule has 1 saturated heterocycles. The van der Waals surface area contributed by atoms with Crippen LogP contribution in [0.4, 0.5) is 5.69 Å². The summed E-state index contributed by atoms with van der Waals surface area (Å²) in [5.41, 5.74) is 1.05. The number of anilines is 1. The van der Waals surface area contributed by atoms with Gasteiger partial charge in [0.05, 0.1) is 24.4 Å². The maximum absolute atomic E-state index is 5.54. The van der Waals surface area contributed by atoms with Crippen molar-refractivity contribution >= 4 is 5.69 Å². The van der Waals surface area contributed by atoms with Gasteiger partial charge in [-0.1, -0.05) is 25.5 Å². The third-order valence-electron chi connectivity index (χ3n) is 5.17. The molecule has 1 aromatic carbocycles. The normalized spacial score (nSPS) is 17.1. The molecule has 0 saturated carbocycles. The summed E-state index contributed by atoms with van der Waals surface area (Å²) in [4.78, 5) is 4.94. The van der Waals surface area contributed by atoms with Gasteiger partial charge in [-0.3, -0.25) is 4.90 Å². The van der Waals surface area contributed by atoms with Crippen LogP contribution in [-0.2, 0) is 5.54 Å². The maximum Gasteiger partial charge on any atom is 0.168 e. The van der Waals surface area contributed by atoms with Gasteiger partial charge in [-0.2, -0.15) is 0 Å². The van der Waals surface area contributed by atoms with Crippen LogP contribution in [-0.4, -0.2) is 58.4 Å². The Morgan fingerprint density at radius 2 is 1.81 bits per heavy atom. The van der Waals surface area contributed by atoms with Crippen LogP contribution in [0.25, 0.3) is 0 Å². The summed E-state index contributed by atoms with van der Waals surface area (Å²) < 4.78 is 7.52. The van der Waals surface area contributed by atoms with Crippen molar-refractivity contribution in [3.05, 3.63) is 30.1 Å². The van der Waals surface area contributed by atoms with Gasteiger partial charge < -0.3 is 9.64 Å². The van der Waals surface area contributed by atoms with E-state index in [4.69, 9.17) is 4.74 Å². The summed E-state index contributed by atoms with van der Waals surface area (Å²) in [7, 11) is 1.73. The van der Waals surface area contributed by atoms with Gasteiger partial charge in [-0.25, -0.2) is 4.68 Å². The molecule has 0 aliphatic carbocycles. The van der Waals surface area contributed by atoms with Crippen molar-refractivity contribution in [2.75, 3.05) is 38.2 Å². The topological polar surface area (TPSA) is 59.3 Å². The van der Waals surface area contributed by atoms with E-state index >= 15 is 0 Å². The molecule has 0 spiro atoms. The molecule has 1 atom stereocenters. The van der Waals surface area contributed by atoms with Gasteiger partial charge in [0.25, 0.3) is 0 Å². The summed E-state index contributed by atoms with van der Waals surface area (Å²) in [6, 6.07) is 8.50. The Morgan fingerprint density at radius 1 is 1.11 bits per heavy atom. The van der Waals surface area contributed by atoms with Gasteiger partial charge >= 0.3 is 0 Å². The molecule has 7 nitrogen and oxygen atoms in total. The van der Waals surface area contributed by atoms with Crippen molar-refractivity contribution in [3.63, 3.8) is 0 Å². The lowest BCUT2D eigenvalue weighted by Crippen LogP contribution is -2.48. The van der Waals surface area contributed by atoms with E-state index in [1.165, 1.54) is 5.69 Å². The van der Waals surface area contributed by atoms with Gasteiger partial charge in [0.1, 0.15) is 5.75 Å². The van der Waals surface area contributed by atoms with Crippen LogP contribution >= 0.6 is 0 Å². The van der Waals surface area contributed by atoms with E-state index in [1.54, 1.807) is 7.11 Å². The lowest BCUT2D eigenvalue weighted by molar-refractivity contribution is 0.156. The number of hydrogen-bond donors (Lipinski definition) is 0. The highest BCUT2D eigenvalue weighted by atomic mass is 16.5. The van der Waals surface area contributed by atoms with Crippen LogP contribution in [0.1, 0.15) is 52.4 Å². The molecule has 3 rings (SSSR count). The van der Waals surface area contributed by atoms with E-state index < -0.39 is 0 Å². The summed E-state index contributed by atoms with van der Waals surface area (Å²) >= 11 is 0. The average molecular weight is 373 g/mol. The van der Waals surface area contributed by atoms with Gasteiger partial charge in [-0.15, -0.1) is 5.10 Å². The number of aromatic nitrogens is 4. The van der Waals surface area contributed by atoms with E-state index in [-0.39, 0.29) is 11.6 Å². The van der Waals surface area contributed by atoms with Crippen molar-refractivity contribution in [3.8, 4) is 5.75 Å². The summed E-state index contributed by atoms with van der Waals surface area (Å²) in [6.45, 7) is 12.6. The third-order valence-corrected chi connectivity index (χ3v) is 5.17. The van der Waals surface area contributed by atoms with Crippen molar-refractivity contribution < 1.29 is 4.74 Å². The summed E-state index contributed by atoms with van der Waals surface area (Å²) in [5, 5.41) is 12.7. The molecular formula is C20H32N6O. The number of hydrogen-bond acceptors (Lipinski definition) is 6. The van der Waals surface area contributed by atoms with Gasteiger partial charge in [0.2, 0.25) is 0 Å². The number of methoxy groups -OCH3 is 1. The number of tetrazole rings is 1.